The van der Waals surface area contributed by atoms with Gasteiger partial charge in [0.25, 0.3) is 0 Å². The highest BCUT2D eigenvalue weighted by atomic mass is 16.4. The normalized spacial score (nSPS) is 14.7. The van der Waals surface area contributed by atoms with E-state index >= 15 is 0 Å². The van der Waals surface area contributed by atoms with Gasteiger partial charge in [0.15, 0.2) is 0 Å². The molecule has 2 aromatic carbocycles. The van der Waals surface area contributed by atoms with Crippen molar-refractivity contribution in [3.63, 3.8) is 0 Å². The summed E-state index contributed by atoms with van der Waals surface area (Å²) in [4.78, 5) is 0. The Bertz CT molecular complexity index is 817. The predicted octanol–water partition coefficient (Wildman–Crippen LogP) is 3.35. The van der Waals surface area contributed by atoms with Gasteiger partial charge in [0, 0.05) is 5.41 Å². The van der Waals surface area contributed by atoms with Gasteiger partial charge >= 0.3 is 7.12 Å². The number of fused-ring (bicyclic) bond motifs is 3. The highest BCUT2D eigenvalue weighted by Crippen LogP contribution is 2.50. The fourth-order valence-electron chi connectivity index (χ4n) is 3.59. The van der Waals surface area contributed by atoms with E-state index in [2.05, 4.69) is 38.6 Å². The molecule has 0 unspecified atom stereocenters. The van der Waals surface area contributed by atoms with E-state index in [4.69, 9.17) is 0 Å². The van der Waals surface area contributed by atoms with E-state index in [0.29, 0.717) is 5.46 Å². The Morgan fingerprint density at radius 3 is 2.43 bits per heavy atom. The lowest BCUT2D eigenvalue weighted by Crippen LogP contribution is -2.31. The minimum Gasteiger partial charge on any atom is -0.423 e. The van der Waals surface area contributed by atoms with Crippen molar-refractivity contribution in [3.05, 3.63) is 65.2 Å². The third-order valence-electron chi connectivity index (χ3n) is 4.79. The van der Waals surface area contributed by atoms with Gasteiger partial charge in [0.1, 0.15) is 0 Å². The van der Waals surface area contributed by atoms with Crippen molar-refractivity contribution in [1.29, 1.82) is 0 Å². The number of hydrogen-bond donors (Lipinski definition) is 2. The summed E-state index contributed by atoms with van der Waals surface area (Å²) in [5.74, 6) is 0. The zero-order valence-electron chi connectivity index (χ0n) is 13.8. The molecule has 0 aromatic heterocycles. The number of allylic oxidation sites excluding steroid dienone is 1. The Morgan fingerprint density at radius 1 is 1.09 bits per heavy atom. The van der Waals surface area contributed by atoms with Crippen molar-refractivity contribution < 1.29 is 10.0 Å². The fraction of sp³-hybridized carbons (Fsp3) is 0.200. The van der Waals surface area contributed by atoms with Crippen LogP contribution in [0.5, 0.6) is 0 Å². The molecule has 0 saturated carbocycles. The molecule has 0 spiro atoms. The zero-order valence-corrected chi connectivity index (χ0v) is 13.8. The third-order valence-corrected chi connectivity index (χ3v) is 4.79. The van der Waals surface area contributed by atoms with E-state index < -0.39 is 7.12 Å². The lowest BCUT2D eigenvalue weighted by molar-refractivity contribution is 0.425. The molecular formula is C20H21BO2. The fourth-order valence-corrected chi connectivity index (χ4v) is 3.59. The van der Waals surface area contributed by atoms with Gasteiger partial charge in [0.2, 0.25) is 0 Å². The first-order valence-corrected chi connectivity index (χ1v) is 7.85. The molecule has 116 valence electrons. The van der Waals surface area contributed by atoms with Crippen LogP contribution < -0.4 is 5.46 Å². The van der Waals surface area contributed by atoms with Crippen LogP contribution in [-0.2, 0) is 5.41 Å². The van der Waals surface area contributed by atoms with Crippen LogP contribution in [0.3, 0.4) is 0 Å². The Kier molecular flexibility index (Phi) is 3.79. The van der Waals surface area contributed by atoms with Crippen LogP contribution >= 0.6 is 0 Å². The molecule has 1 aliphatic carbocycles. The number of rotatable bonds is 3. The molecule has 1 aliphatic rings. The summed E-state index contributed by atoms with van der Waals surface area (Å²) in [5, 5.41) is 19.0. The molecule has 0 bridgehead atoms. The Labute approximate surface area is 138 Å². The van der Waals surface area contributed by atoms with Gasteiger partial charge in [0.05, 0.1) is 0 Å². The van der Waals surface area contributed by atoms with Crippen LogP contribution in [0.1, 0.15) is 43.0 Å². The van der Waals surface area contributed by atoms with Crippen LogP contribution in [0.2, 0.25) is 0 Å². The maximum Gasteiger partial charge on any atom is 0.488 e. The minimum absolute atomic E-state index is 0.179. The summed E-state index contributed by atoms with van der Waals surface area (Å²) < 4.78 is 0. The smallest absolute Gasteiger partial charge is 0.423 e. The van der Waals surface area contributed by atoms with Crippen molar-refractivity contribution in [2.24, 2.45) is 0 Å². The van der Waals surface area contributed by atoms with Crippen molar-refractivity contribution in [1.82, 2.24) is 0 Å². The first kappa shape index (κ1) is 15.8. The molecule has 0 saturated heterocycles. The van der Waals surface area contributed by atoms with Crippen molar-refractivity contribution in [3.8, 4) is 11.1 Å². The molecule has 0 aliphatic heterocycles. The standard InChI is InChI=1S/C20H21BO2/c1-5-7-13-8-11-17-19(15(13)6-2)16-10-9-14(21(22)23)12-18(16)20(17,3)4/h5-12,22-23H,2H2,1,3-4H3/b7-5-. The van der Waals surface area contributed by atoms with Crippen LogP contribution in [0.4, 0.5) is 0 Å². The highest BCUT2D eigenvalue weighted by molar-refractivity contribution is 6.58. The summed E-state index contributed by atoms with van der Waals surface area (Å²) in [6.45, 7) is 10.4. The largest absolute Gasteiger partial charge is 0.488 e. The number of benzene rings is 2. The van der Waals surface area contributed by atoms with Crippen LogP contribution in [0, 0.1) is 0 Å². The van der Waals surface area contributed by atoms with E-state index in [-0.39, 0.29) is 5.41 Å². The monoisotopic (exact) mass is 304 g/mol. The number of hydrogen-bond acceptors (Lipinski definition) is 2. The summed E-state index contributed by atoms with van der Waals surface area (Å²) in [6, 6.07) is 9.98. The van der Waals surface area contributed by atoms with E-state index in [9.17, 15) is 10.0 Å². The highest BCUT2D eigenvalue weighted by Gasteiger charge is 2.37. The van der Waals surface area contributed by atoms with Crippen molar-refractivity contribution >= 4 is 24.7 Å². The van der Waals surface area contributed by atoms with Gasteiger partial charge < -0.3 is 10.0 Å². The average Bonchev–Trinajstić information content (AvgIpc) is 2.75. The van der Waals surface area contributed by atoms with Gasteiger partial charge in [-0.05, 0) is 45.8 Å². The lowest BCUT2D eigenvalue weighted by Gasteiger charge is -2.22. The molecule has 0 atom stereocenters. The molecule has 2 N–H and O–H groups in total. The van der Waals surface area contributed by atoms with E-state index in [1.807, 2.05) is 31.2 Å². The average molecular weight is 304 g/mol. The summed E-state index contributed by atoms with van der Waals surface area (Å²) in [5.41, 5.74) is 7.35. The Hall–Kier alpha value is -2.10. The molecule has 23 heavy (non-hydrogen) atoms. The molecule has 0 fully saturated rings. The van der Waals surface area contributed by atoms with Crippen molar-refractivity contribution in [2.45, 2.75) is 26.2 Å². The maximum atomic E-state index is 9.49. The van der Waals surface area contributed by atoms with Crippen LogP contribution in [0.15, 0.2) is 43.0 Å². The molecule has 2 nitrogen and oxygen atoms in total. The summed E-state index contributed by atoms with van der Waals surface area (Å²) >= 11 is 0. The van der Waals surface area contributed by atoms with Gasteiger partial charge in [-0.1, -0.05) is 69.0 Å². The quantitative estimate of drug-likeness (QED) is 0.854. The Morgan fingerprint density at radius 2 is 1.83 bits per heavy atom. The summed E-state index contributed by atoms with van der Waals surface area (Å²) in [7, 11) is -1.45. The third kappa shape index (κ3) is 2.28. The van der Waals surface area contributed by atoms with Crippen LogP contribution in [-0.4, -0.2) is 17.2 Å². The van der Waals surface area contributed by atoms with Gasteiger partial charge in [-0.2, -0.15) is 0 Å². The molecular weight excluding hydrogens is 283 g/mol. The van der Waals surface area contributed by atoms with Crippen molar-refractivity contribution in [2.75, 3.05) is 0 Å². The van der Waals surface area contributed by atoms with Gasteiger partial charge in [-0.25, -0.2) is 0 Å². The molecule has 2 aromatic rings. The summed E-state index contributed by atoms with van der Waals surface area (Å²) in [6.07, 6.45) is 6.03. The molecule has 0 heterocycles. The SMILES string of the molecule is C=Cc1c(/C=C\C)ccc2c1-c1ccc(B(O)O)cc1C2(C)C. The van der Waals surface area contributed by atoms with Crippen LogP contribution in [0.25, 0.3) is 23.3 Å². The molecule has 0 radical (unpaired) electrons. The zero-order chi connectivity index (χ0) is 16.8. The second kappa shape index (κ2) is 5.52. The topological polar surface area (TPSA) is 40.5 Å². The van der Waals surface area contributed by atoms with E-state index in [1.165, 1.54) is 11.1 Å². The molecule has 3 heteroatoms. The minimum atomic E-state index is -1.45. The Balaban J connectivity index is 2.35. The first-order valence-electron chi connectivity index (χ1n) is 7.85. The predicted molar refractivity (Wildman–Crippen MR) is 98.6 cm³/mol. The first-order chi connectivity index (χ1) is 10.9. The second-order valence-corrected chi connectivity index (χ2v) is 6.50. The second-order valence-electron chi connectivity index (χ2n) is 6.50. The molecule has 3 rings (SSSR count). The van der Waals surface area contributed by atoms with Gasteiger partial charge in [-0.3, -0.25) is 0 Å². The lowest BCUT2D eigenvalue weighted by atomic mass is 9.75. The van der Waals surface area contributed by atoms with E-state index in [1.54, 1.807) is 6.07 Å². The van der Waals surface area contributed by atoms with Gasteiger partial charge in [-0.15, -0.1) is 0 Å². The maximum absolute atomic E-state index is 9.49. The van der Waals surface area contributed by atoms with E-state index in [0.717, 1.165) is 22.3 Å². The molecule has 0 amide bonds.